The average molecular weight is 759 g/mol. The lowest BCUT2D eigenvalue weighted by atomic mass is 9.84. The topological polar surface area (TPSA) is 264 Å². The Kier molecular flexibility index (Phi) is 15.3. The van der Waals surface area contributed by atoms with Gasteiger partial charge in [0.1, 0.15) is 79.0 Å². The van der Waals surface area contributed by atoms with E-state index in [1.54, 1.807) is 0 Å². The highest BCUT2D eigenvalue weighted by atomic mass is 16.7. The summed E-state index contributed by atoms with van der Waals surface area (Å²) in [4.78, 5) is 13.8. The number of methoxy groups -OCH3 is 2. The lowest BCUT2D eigenvalue weighted by Gasteiger charge is -2.43. The first-order chi connectivity index (χ1) is 25.0. The van der Waals surface area contributed by atoms with Gasteiger partial charge in [-0.3, -0.25) is 0 Å². The van der Waals surface area contributed by atoms with Crippen molar-refractivity contribution in [3.63, 3.8) is 0 Å². The van der Waals surface area contributed by atoms with Gasteiger partial charge in [-0.1, -0.05) is 23.3 Å². The van der Waals surface area contributed by atoms with Crippen LogP contribution in [0.3, 0.4) is 0 Å². The van der Waals surface area contributed by atoms with Crippen LogP contribution in [0.1, 0.15) is 49.2 Å². The molecule has 0 amide bonds. The lowest BCUT2D eigenvalue weighted by molar-refractivity contribution is -0.307. The minimum absolute atomic E-state index is 0.0248. The number of carbonyl (C=O) groups is 1. The Hall–Kier alpha value is -2.59. The summed E-state index contributed by atoms with van der Waals surface area (Å²) in [6.07, 6.45) is -18.5. The second-order valence-corrected chi connectivity index (χ2v) is 14.1. The predicted molar refractivity (Wildman–Crippen MR) is 183 cm³/mol. The van der Waals surface area contributed by atoms with Crippen LogP contribution in [0.5, 0.6) is 5.75 Å². The van der Waals surface area contributed by atoms with E-state index < -0.39 is 105 Å². The van der Waals surface area contributed by atoms with Crippen molar-refractivity contribution in [1.82, 2.24) is 0 Å². The minimum Gasteiger partial charge on any atom is -0.461 e. The number of hydrogen-bond donors (Lipinski definition) is 9. The zero-order chi connectivity index (χ0) is 39.3. The standard InChI is InChI=1S/C36H54O17/c1-15(2)7-9-17-11-19(34(46)52-33-26(42)25(41)31(47-5)29(45)32(33)48-6)12-18(10-8-16(3)4)30(17)53-36-28(44)24(40)23(39)21(51-36)14-50-35-27(43)22(38)20(37)13-49-35/h7-8,11-12,20-29,31-33,35-45H,9-10,13-14H2,1-6H3. The molecule has 15 unspecified atom stereocenters. The molecule has 53 heavy (non-hydrogen) atoms. The molecule has 2 saturated heterocycles. The normalized spacial score (nSPS) is 37.5. The number of carbonyl (C=O) groups excluding carboxylic acids is 1. The van der Waals surface area contributed by atoms with E-state index in [4.69, 9.17) is 33.2 Å². The van der Waals surface area contributed by atoms with Gasteiger partial charge in [0.15, 0.2) is 12.4 Å². The molecule has 0 radical (unpaired) electrons. The summed E-state index contributed by atoms with van der Waals surface area (Å²) < 4.78 is 39.1. The fourth-order valence-electron chi connectivity index (χ4n) is 6.39. The van der Waals surface area contributed by atoms with Crippen molar-refractivity contribution in [2.45, 2.75) is 132 Å². The summed E-state index contributed by atoms with van der Waals surface area (Å²) in [5.74, 6) is -0.725. The van der Waals surface area contributed by atoms with Crippen LogP contribution in [-0.4, -0.2) is 171 Å². The Bertz CT molecular complexity index is 1390. The Balaban J connectivity index is 1.66. The van der Waals surface area contributed by atoms with Gasteiger partial charge in [0.05, 0.1) is 18.8 Å². The zero-order valence-electron chi connectivity index (χ0n) is 30.6. The Morgan fingerprint density at radius 3 is 1.79 bits per heavy atom. The fourth-order valence-corrected chi connectivity index (χ4v) is 6.39. The number of aliphatic hydroxyl groups is 9. The molecule has 0 spiro atoms. The van der Waals surface area contributed by atoms with Crippen LogP contribution in [0, 0.1) is 0 Å². The second-order valence-electron chi connectivity index (χ2n) is 14.1. The first-order valence-corrected chi connectivity index (χ1v) is 17.4. The number of rotatable bonds is 13. The fraction of sp³-hybridized carbons (Fsp3) is 0.694. The van der Waals surface area contributed by atoms with E-state index >= 15 is 0 Å². The third-order valence-electron chi connectivity index (χ3n) is 9.53. The number of allylic oxidation sites excluding steroid dienone is 4. The molecule has 17 nitrogen and oxygen atoms in total. The smallest absolute Gasteiger partial charge is 0.338 e. The summed E-state index contributed by atoms with van der Waals surface area (Å²) in [6, 6.07) is 2.96. The molecular formula is C36H54O17. The van der Waals surface area contributed by atoms with E-state index in [9.17, 15) is 50.8 Å². The molecule has 300 valence electrons. The molecule has 1 saturated carbocycles. The van der Waals surface area contributed by atoms with Gasteiger partial charge in [-0.2, -0.15) is 0 Å². The number of aliphatic hydroxyl groups excluding tert-OH is 9. The van der Waals surface area contributed by atoms with Crippen LogP contribution >= 0.6 is 0 Å². The third-order valence-corrected chi connectivity index (χ3v) is 9.53. The van der Waals surface area contributed by atoms with Crippen molar-refractivity contribution in [2.24, 2.45) is 0 Å². The van der Waals surface area contributed by atoms with Gasteiger partial charge in [0.25, 0.3) is 0 Å². The Morgan fingerprint density at radius 2 is 1.25 bits per heavy atom. The lowest BCUT2D eigenvalue weighted by Crippen LogP contribution is -2.65. The van der Waals surface area contributed by atoms with Gasteiger partial charge < -0.3 is 79.1 Å². The molecule has 4 rings (SSSR count). The number of hydrogen-bond acceptors (Lipinski definition) is 17. The third kappa shape index (κ3) is 10.00. The van der Waals surface area contributed by atoms with E-state index in [1.165, 1.54) is 26.4 Å². The van der Waals surface area contributed by atoms with Crippen LogP contribution in [-0.2, 0) is 41.3 Å². The minimum atomic E-state index is -1.78. The monoisotopic (exact) mass is 758 g/mol. The molecule has 1 aromatic rings. The highest BCUT2D eigenvalue weighted by molar-refractivity contribution is 5.90. The van der Waals surface area contributed by atoms with E-state index in [0.717, 1.165) is 11.1 Å². The molecule has 3 aliphatic rings. The first-order valence-electron chi connectivity index (χ1n) is 17.4. The molecule has 3 fully saturated rings. The summed E-state index contributed by atoms with van der Waals surface area (Å²) in [7, 11) is 2.50. The SMILES string of the molecule is COC1C(O)C(O)C(OC(=O)c2cc(CC=C(C)C)c(OC3OC(COC4OCC(O)C(O)C4O)C(O)C(O)C3O)c(CC=C(C)C)c2)C(OC)C1O. The van der Waals surface area contributed by atoms with Crippen molar-refractivity contribution >= 4 is 5.97 Å². The number of ether oxygens (including phenoxy) is 7. The maximum Gasteiger partial charge on any atom is 0.338 e. The molecule has 1 aliphatic carbocycles. The van der Waals surface area contributed by atoms with Crippen molar-refractivity contribution < 1.29 is 83.9 Å². The maximum absolute atomic E-state index is 13.8. The number of esters is 1. The van der Waals surface area contributed by atoms with Crippen LogP contribution in [0.15, 0.2) is 35.4 Å². The molecular weight excluding hydrogens is 704 g/mol. The van der Waals surface area contributed by atoms with Gasteiger partial charge in [0.2, 0.25) is 6.29 Å². The summed E-state index contributed by atoms with van der Waals surface area (Å²) >= 11 is 0. The summed E-state index contributed by atoms with van der Waals surface area (Å²) in [6.45, 7) is 6.65. The maximum atomic E-state index is 13.8. The second kappa shape index (κ2) is 18.8. The molecule has 0 aromatic heterocycles. The molecule has 9 N–H and O–H groups in total. The average Bonchev–Trinajstić information content (AvgIpc) is 3.12. The Labute approximate surface area is 307 Å². The van der Waals surface area contributed by atoms with Gasteiger partial charge in [0, 0.05) is 14.2 Å². The van der Waals surface area contributed by atoms with Gasteiger partial charge in [-0.15, -0.1) is 0 Å². The molecule has 0 bridgehead atoms. The van der Waals surface area contributed by atoms with Crippen molar-refractivity contribution in [1.29, 1.82) is 0 Å². The van der Waals surface area contributed by atoms with E-state index in [1.807, 2.05) is 39.8 Å². The van der Waals surface area contributed by atoms with Gasteiger partial charge in [-0.25, -0.2) is 4.79 Å². The van der Waals surface area contributed by atoms with Crippen molar-refractivity contribution in [3.05, 3.63) is 52.1 Å². The van der Waals surface area contributed by atoms with Crippen LogP contribution in [0.25, 0.3) is 0 Å². The van der Waals surface area contributed by atoms with E-state index in [-0.39, 0.29) is 30.8 Å². The summed E-state index contributed by atoms with van der Waals surface area (Å²) in [5.41, 5.74) is 2.73. The molecule has 2 heterocycles. The zero-order valence-corrected chi connectivity index (χ0v) is 30.6. The molecule has 17 heteroatoms. The highest BCUT2D eigenvalue weighted by Crippen LogP contribution is 2.34. The van der Waals surface area contributed by atoms with Crippen LogP contribution in [0.2, 0.25) is 0 Å². The quantitative estimate of drug-likeness (QED) is 0.0778. The van der Waals surface area contributed by atoms with E-state index in [2.05, 4.69) is 0 Å². The molecule has 2 aliphatic heterocycles. The van der Waals surface area contributed by atoms with Crippen LogP contribution < -0.4 is 4.74 Å². The summed E-state index contributed by atoms with van der Waals surface area (Å²) in [5, 5.41) is 94.7. The number of benzene rings is 1. The molecule has 1 aromatic carbocycles. The van der Waals surface area contributed by atoms with Crippen LogP contribution in [0.4, 0.5) is 0 Å². The Morgan fingerprint density at radius 1 is 0.698 bits per heavy atom. The van der Waals surface area contributed by atoms with Gasteiger partial charge >= 0.3 is 5.97 Å². The highest BCUT2D eigenvalue weighted by Gasteiger charge is 2.52. The molecule has 15 atom stereocenters. The van der Waals surface area contributed by atoms with Gasteiger partial charge in [-0.05, 0) is 63.8 Å². The largest absolute Gasteiger partial charge is 0.461 e. The first kappa shape index (κ1) is 43.1. The van der Waals surface area contributed by atoms with Crippen molar-refractivity contribution in [2.75, 3.05) is 27.4 Å². The van der Waals surface area contributed by atoms with E-state index in [0.29, 0.717) is 11.1 Å². The predicted octanol–water partition coefficient (Wildman–Crippen LogP) is -2.00. The van der Waals surface area contributed by atoms with Crippen molar-refractivity contribution in [3.8, 4) is 5.75 Å².